The third kappa shape index (κ3) is 7.01. The summed E-state index contributed by atoms with van der Waals surface area (Å²) >= 11 is 0. The van der Waals surface area contributed by atoms with Gasteiger partial charge in [0, 0.05) is 51.9 Å². The largest absolute Gasteiger partial charge is 0.493 e. The van der Waals surface area contributed by atoms with E-state index in [-0.39, 0.29) is 31.1 Å². The third-order valence-electron chi connectivity index (χ3n) is 7.28. The van der Waals surface area contributed by atoms with Crippen molar-refractivity contribution in [3.8, 4) is 29.1 Å². The van der Waals surface area contributed by atoms with Crippen LogP contribution < -0.4 is 18.9 Å². The van der Waals surface area contributed by atoms with Gasteiger partial charge in [-0.25, -0.2) is 0 Å². The first-order valence-electron chi connectivity index (χ1n) is 13.5. The van der Waals surface area contributed by atoms with Crippen LogP contribution in [0.1, 0.15) is 54.9 Å². The molecular formula is C30H35N3O8. The number of carboxylic acid groups (broad SMARTS) is 1. The van der Waals surface area contributed by atoms with E-state index >= 15 is 0 Å². The number of carbonyl (C=O) groups is 3. The highest BCUT2D eigenvalue weighted by Crippen LogP contribution is 2.37. The van der Waals surface area contributed by atoms with E-state index in [2.05, 4.69) is 0 Å². The standard InChI is InChI=1S/C30H35N3O8/c1-19(30(36)37)10-29(35)33-17-21-12-25(39-3)27(14-23(21)18-33)41-9-5-8-40-26-13-22-16-32(28(34)6-4-7-31)15-20(22)11-24(26)38-2/h11-14,19H,4-6,8-10,15-18H2,1-3H3,(H,36,37). The van der Waals surface area contributed by atoms with Gasteiger partial charge in [-0.3, -0.25) is 14.4 Å². The Morgan fingerprint density at radius 1 is 0.829 bits per heavy atom. The summed E-state index contributed by atoms with van der Waals surface area (Å²) < 4.78 is 23.0. The number of nitriles is 1. The molecule has 4 rings (SSSR count). The Kier molecular flexibility index (Phi) is 9.55. The first-order valence-corrected chi connectivity index (χ1v) is 13.5. The molecule has 0 saturated heterocycles. The molecule has 0 fully saturated rings. The van der Waals surface area contributed by atoms with Gasteiger partial charge in [0.25, 0.3) is 0 Å². The number of methoxy groups -OCH3 is 2. The molecule has 2 heterocycles. The lowest BCUT2D eigenvalue weighted by atomic mass is 10.1. The second-order valence-corrected chi connectivity index (χ2v) is 10.2. The summed E-state index contributed by atoms with van der Waals surface area (Å²) in [5.41, 5.74) is 3.89. The first kappa shape index (κ1) is 29.5. The molecule has 1 N–H and O–H groups in total. The van der Waals surface area contributed by atoms with Crippen molar-refractivity contribution in [1.82, 2.24) is 9.80 Å². The van der Waals surface area contributed by atoms with Crippen molar-refractivity contribution in [3.05, 3.63) is 46.5 Å². The fourth-order valence-electron chi connectivity index (χ4n) is 4.93. The van der Waals surface area contributed by atoms with Crippen molar-refractivity contribution < 1.29 is 38.4 Å². The quantitative estimate of drug-likeness (QED) is 0.361. The summed E-state index contributed by atoms with van der Waals surface area (Å²) in [5.74, 6) is 0.339. The van der Waals surface area contributed by atoms with E-state index in [1.807, 2.05) is 30.3 Å². The van der Waals surface area contributed by atoms with Crippen LogP contribution >= 0.6 is 0 Å². The Morgan fingerprint density at radius 2 is 1.27 bits per heavy atom. The molecule has 41 heavy (non-hydrogen) atoms. The highest BCUT2D eigenvalue weighted by atomic mass is 16.5. The molecule has 11 heteroatoms. The summed E-state index contributed by atoms with van der Waals surface area (Å²) in [7, 11) is 3.13. The minimum atomic E-state index is -0.989. The molecule has 2 aliphatic heterocycles. The maximum Gasteiger partial charge on any atom is 0.306 e. The fraction of sp³-hybridized carbons (Fsp3) is 0.467. The predicted octanol–water partition coefficient (Wildman–Crippen LogP) is 3.65. The summed E-state index contributed by atoms with van der Waals surface area (Å²) in [5, 5.41) is 17.9. The number of benzene rings is 2. The molecule has 0 aliphatic carbocycles. The summed E-state index contributed by atoms with van der Waals surface area (Å²) in [6.07, 6.45) is 0.950. The van der Waals surface area contributed by atoms with Crippen LogP contribution in [-0.2, 0) is 40.6 Å². The number of carboxylic acids is 1. The molecule has 218 valence electrons. The average molecular weight is 566 g/mol. The Morgan fingerprint density at radius 3 is 1.68 bits per heavy atom. The molecule has 2 aromatic rings. The van der Waals surface area contributed by atoms with Crippen LogP contribution in [0.2, 0.25) is 0 Å². The second kappa shape index (κ2) is 13.3. The molecule has 1 unspecified atom stereocenters. The van der Waals surface area contributed by atoms with Crippen LogP contribution in [0, 0.1) is 17.2 Å². The minimum Gasteiger partial charge on any atom is -0.493 e. The zero-order valence-electron chi connectivity index (χ0n) is 23.6. The zero-order chi connectivity index (χ0) is 29.5. The van der Waals surface area contributed by atoms with Crippen LogP contribution in [0.5, 0.6) is 23.0 Å². The number of hydrogen-bond acceptors (Lipinski definition) is 8. The van der Waals surface area contributed by atoms with E-state index in [9.17, 15) is 14.4 Å². The monoisotopic (exact) mass is 565 g/mol. The van der Waals surface area contributed by atoms with Gasteiger partial charge in [-0.05, 0) is 46.5 Å². The molecule has 0 saturated carbocycles. The van der Waals surface area contributed by atoms with Gasteiger partial charge in [-0.1, -0.05) is 6.92 Å². The van der Waals surface area contributed by atoms with E-state index < -0.39 is 11.9 Å². The predicted molar refractivity (Wildman–Crippen MR) is 146 cm³/mol. The van der Waals surface area contributed by atoms with E-state index in [1.54, 1.807) is 24.0 Å². The lowest BCUT2D eigenvalue weighted by Gasteiger charge is -2.16. The summed E-state index contributed by atoms with van der Waals surface area (Å²) in [4.78, 5) is 39.4. The number of hydrogen-bond donors (Lipinski definition) is 1. The van der Waals surface area contributed by atoms with Gasteiger partial charge >= 0.3 is 5.97 Å². The van der Waals surface area contributed by atoms with Gasteiger partial charge in [-0.15, -0.1) is 0 Å². The molecule has 2 aliphatic rings. The van der Waals surface area contributed by atoms with Gasteiger partial charge < -0.3 is 33.9 Å². The summed E-state index contributed by atoms with van der Waals surface area (Å²) in [6.45, 7) is 4.02. The lowest BCUT2D eigenvalue weighted by molar-refractivity contribution is -0.145. The van der Waals surface area contributed by atoms with Crippen molar-refractivity contribution in [3.63, 3.8) is 0 Å². The fourth-order valence-corrected chi connectivity index (χ4v) is 4.93. The molecule has 2 amide bonds. The first-order chi connectivity index (χ1) is 19.7. The van der Waals surface area contributed by atoms with Crippen LogP contribution in [0.3, 0.4) is 0 Å². The van der Waals surface area contributed by atoms with Crippen LogP contribution in [0.25, 0.3) is 0 Å². The van der Waals surface area contributed by atoms with Gasteiger partial charge in [-0.2, -0.15) is 5.26 Å². The second-order valence-electron chi connectivity index (χ2n) is 10.2. The smallest absolute Gasteiger partial charge is 0.306 e. The Balaban J connectivity index is 1.30. The number of amides is 2. The molecule has 0 spiro atoms. The van der Waals surface area contributed by atoms with Crippen molar-refractivity contribution in [2.75, 3.05) is 27.4 Å². The molecule has 1 atom stereocenters. The summed E-state index contributed by atoms with van der Waals surface area (Å²) in [6, 6.07) is 9.54. The number of carbonyl (C=O) groups excluding carboxylic acids is 2. The van der Waals surface area contributed by atoms with Crippen LogP contribution in [0.4, 0.5) is 0 Å². The van der Waals surface area contributed by atoms with Gasteiger partial charge in [0.15, 0.2) is 23.0 Å². The van der Waals surface area contributed by atoms with E-state index in [0.29, 0.717) is 68.8 Å². The van der Waals surface area contributed by atoms with Crippen molar-refractivity contribution >= 4 is 17.8 Å². The number of aliphatic carboxylic acids is 1. The van der Waals surface area contributed by atoms with E-state index in [1.165, 1.54) is 6.92 Å². The van der Waals surface area contributed by atoms with Gasteiger partial charge in [0.05, 0.1) is 39.4 Å². The van der Waals surface area contributed by atoms with Crippen LogP contribution in [-0.4, -0.2) is 60.1 Å². The number of nitrogens with zero attached hydrogens (tertiary/aromatic N) is 3. The number of ether oxygens (including phenoxy) is 4. The van der Waals surface area contributed by atoms with Crippen molar-refractivity contribution in [2.24, 2.45) is 5.92 Å². The van der Waals surface area contributed by atoms with Crippen molar-refractivity contribution in [2.45, 2.75) is 58.8 Å². The highest BCUT2D eigenvalue weighted by molar-refractivity contribution is 5.82. The van der Waals surface area contributed by atoms with E-state index in [4.69, 9.17) is 29.3 Å². The Labute approximate surface area is 239 Å². The Bertz CT molecular complexity index is 1350. The van der Waals surface area contributed by atoms with E-state index in [0.717, 1.165) is 22.3 Å². The number of fused-ring (bicyclic) bond motifs is 2. The molecule has 0 aromatic heterocycles. The topological polar surface area (TPSA) is 139 Å². The molecular weight excluding hydrogens is 530 g/mol. The highest BCUT2D eigenvalue weighted by Gasteiger charge is 2.28. The van der Waals surface area contributed by atoms with Crippen molar-refractivity contribution in [1.29, 1.82) is 5.26 Å². The van der Waals surface area contributed by atoms with Gasteiger partial charge in [0.2, 0.25) is 11.8 Å². The Hall–Kier alpha value is -4.46. The molecule has 0 bridgehead atoms. The number of rotatable bonds is 13. The molecule has 2 aromatic carbocycles. The normalized spacial score (nSPS) is 14.1. The van der Waals surface area contributed by atoms with Gasteiger partial charge in [0.1, 0.15) is 0 Å². The average Bonchev–Trinajstić information content (AvgIpc) is 3.58. The maximum atomic E-state index is 12.6. The minimum absolute atomic E-state index is 0.0441. The zero-order valence-corrected chi connectivity index (χ0v) is 23.6. The SMILES string of the molecule is COc1cc2c(cc1OCCCOc1cc3c(cc1OC)CN(C(=O)CC(C)C(=O)O)C3)CN(C(=O)CCC#N)C2. The third-order valence-corrected chi connectivity index (χ3v) is 7.28. The maximum absolute atomic E-state index is 12.6. The van der Waals surface area contributed by atoms with Crippen LogP contribution in [0.15, 0.2) is 24.3 Å². The molecule has 11 nitrogen and oxygen atoms in total. The lowest BCUT2D eigenvalue weighted by Crippen LogP contribution is -2.28. The molecule has 0 radical (unpaired) electrons.